The molecule has 3 rings (SSSR count). The number of hydrogen-bond acceptors (Lipinski definition) is 4. The zero-order valence-electron chi connectivity index (χ0n) is 11.5. The minimum atomic E-state index is -1.04. The first-order valence-electron chi connectivity index (χ1n) is 6.43. The Morgan fingerprint density at radius 1 is 1.45 bits per heavy atom. The number of aromatic nitrogens is 2. The van der Waals surface area contributed by atoms with Gasteiger partial charge in [-0.1, -0.05) is 23.7 Å². The van der Waals surface area contributed by atoms with E-state index in [4.69, 9.17) is 16.7 Å². The Hall–Kier alpha value is -2.18. The number of aryl methyl sites for hydroxylation is 1. The lowest BCUT2D eigenvalue weighted by molar-refractivity contribution is 0.0701. The number of carbonyl (C=O) groups is 1. The summed E-state index contributed by atoms with van der Waals surface area (Å²) in [6, 6.07) is 7.22. The van der Waals surface area contributed by atoms with Gasteiger partial charge in [0.25, 0.3) is 5.56 Å². The summed E-state index contributed by atoms with van der Waals surface area (Å²) in [5.41, 5.74) is 1.10. The molecular formula is C15H11ClN2O3S. The van der Waals surface area contributed by atoms with E-state index >= 15 is 0 Å². The van der Waals surface area contributed by atoms with Crippen LogP contribution in [-0.2, 0) is 6.54 Å². The van der Waals surface area contributed by atoms with Crippen molar-refractivity contribution in [1.29, 1.82) is 0 Å². The molecule has 0 amide bonds. The van der Waals surface area contributed by atoms with Gasteiger partial charge >= 0.3 is 5.97 Å². The highest BCUT2D eigenvalue weighted by Crippen LogP contribution is 2.26. The average Bonchev–Trinajstić information content (AvgIpc) is 2.80. The molecule has 22 heavy (non-hydrogen) atoms. The van der Waals surface area contributed by atoms with Crippen LogP contribution in [0.25, 0.3) is 10.2 Å². The van der Waals surface area contributed by atoms with Crippen molar-refractivity contribution in [3.05, 3.63) is 62.0 Å². The highest BCUT2D eigenvalue weighted by Gasteiger charge is 2.18. The van der Waals surface area contributed by atoms with Crippen molar-refractivity contribution >= 4 is 39.1 Å². The Morgan fingerprint density at radius 3 is 2.91 bits per heavy atom. The molecule has 0 radical (unpaired) electrons. The molecule has 0 unspecified atom stereocenters. The Bertz CT molecular complexity index is 946. The third kappa shape index (κ3) is 2.51. The summed E-state index contributed by atoms with van der Waals surface area (Å²) in [4.78, 5) is 28.6. The van der Waals surface area contributed by atoms with E-state index in [0.29, 0.717) is 27.3 Å². The number of nitrogens with zero attached hydrogens (tertiary/aromatic N) is 2. The van der Waals surface area contributed by atoms with Crippen molar-refractivity contribution < 1.29 is 9.90 Å². The van der Waals surface area contributed by atoms with Crippen LogP contribution in [-0.4, -0.2) is 20.6 Å². The van der Waals surface area contributed by atoms with E-state index in [1.165, 1.54) is 10.9 Å². The van der Waals surface area contributed by atoms with Gasteiger partial charge in [0.2, 0.25) is 0 Å². The van der Waals surface area contributed by atoms with Crippen LogP contribution in [0.1, 0.15) is 20.8 Å². The number of aromatic carboxylic acids is 1. The van der Waals surface area contributed by atoms with Crippen LogP contribution in [0.4, 0.5) is 0 Å². The second kappa shape index (κ2) is 5.55. The van der Waals surface area contributed by atoms with Crippen molar-refractivity contribution in [2.24, 2.45) is 0 Å². The number of benzene rings is 1. The third-order valence-electron chi connectivity index (χ3n) is 3.35. The topological polar surface area (TPSA) is 72.2 Å². The van der Waals surface area contributed by atoms with E-state index in [0.717, 1.165) is 16.9 Å². The first-order valence-corrected chi connectivity index (χ1v) is 7.63. The lowest BCUT2D eigenvalue weighted by Gasteiger charge is -2.06. The van der Waals surface area contributed by atoms with E-state index in [1.807, 2.05) is 12.1 Å². The summed E-state index contributed by atoms with van der Waals surface area (Å²) in [6.45, 7) is 1.97. The van der Waals surface area contributed by atoms with Gasteiger partial charge in [-0.15, -0.1) is 11.3 Å². The molecule has 0 saturated carbocycles. The maximum Gasteiger partial charge on any atom is 0.346 e. The van der Waals surface area contributed by atoms with Gasteiger partial charge in [-0.2, -0.15) is 0 Å². The Balaban J connectivity index is 2.12. The third-order valence-corrected chi connectivity index (χ3v) is 4.78. The predicted octanol–water partition coefficient (Wildman–Crippen LogP) is 3.17. The molecule has 0 bridgehead atoms. The number of fused-ring (bicyclic) bond motifs is 1. The van der Waals surface area contributed by atoms with Crippen molar-refractivity contribution in [2.75, 3.05) is 0 Å². The monoisotopic (exact) mass is 334 g/mol. The Kier molecular flexibility index (Phi) is 3.72. The fourth-order valence-corrected chi connectivity index (χ4v) is 3.50. The van der Waals surface area contributed by atoms with Gasteiger partial charge in [0, 0.05) is 5.02 Å². The maximum absolute atomic E-state index is 12.6. The molecule has 3 aromatic rings. The first-order chi connectivity index (χ1) is 10.5. The van der Waals surface area contributed by atoms with Gasteiger partial charge in [0.05, 0.1) is 18.3 Å². The molecule has 0 atom stereocenters. The van der Waals surface area contributed by atoms with Crippen LogP contribution in [0, 0.1) is 6.92 Å². The summed E-state index contributed by atoms with van der Waals surface area (Å²) in [5, 5.41) is 10.1. The molecule has 0 aliphatic rings. The molecule has 0 aliphatic heterocycles. The van der Waals surface area contributed by atoms with Crippen molar-refractivity contribution in [3.8, 4) is 0 Å². The van der Waals surface area contributed by atoms with Gasteiger partial charge in [-0.25, -0.2) is 9.78 Å². The van der Waals surface area contributed by atoms with E-state index in [2.05, 4.69) is 4.98 Å². The summed E-state index contributed by atoms with van der Waals surface area (Å²) in [5.74, 6) is -1.04. The van der Waals surface area contributed by atoms with Crippen LogP contribution in [0.3, 0.4) is 0 Å². The van der Waals surface area contributed by atoms with E-state index in [9.17, 15) is 9.59 Å². The van der Waals surface area contributed by atoms with E-state index < -0.39 is 5.97 Å². The zero-order chi connectivity index (χ0) is 15.9. The molecular weight excluding hydrogens is 324 g/mol. The quantitative estimate of drug-likeness (QED) is 0.798. The Morgan fingerprint density at radius 2 is 2.23 bits per heavy atom. The average molecular weight is 335 g/mol. The number of carboxylic acid groups (broad SMARTS) is 1. The second-order valence-electron chi connectivity index (χ2n) is 4.85. The molecule has 0 saturated heterocycles. The molecule has 0 spiro atoms. The molecule has 1 N–H and O–H groups in total. The number of hydrogen-bond donors (Lipinski definition) is 1. The highest BCUT2D eigenvalue weighted by molar-refractivity contribution is 7.20. The predicted molar refractivity (Wildman–Crippen MR) is 86.1 cm³/mol. The standard InChI is InChI=1S/C15H11ClN2O3S/c1-8-11-13(22-12(8)15(20)21)17-7-18(14(11)19)6-9-3-2-4-10(16)5-9/h2-5,7H,6H2,1H3,(H,20,21). The molecule has 112 valence electrons. The number of rotatable bonds is 3. The van der Waals surface area contributed by atoms with Gasteiger partial charge in [0.1, 0.15) is 9.71 Å². The zero-order valence-corrected chi connectivity index (χ0v) is 13.1. The minimum Gasteiger partial charge on any atom is -0.477 e. The van der Waals surface area contributed by atoms with Crippen LogP contribution in [0.2, 0.25) is 5.02 Å². The van der Waals surface area contributed by atoms with Crippen molar-refractivity contribution in [3.63, 3.8) is 0 Å². The SMILES string of the molecule is Cc1c(C(=O)O)sc2ncn(Cc3cccc(Cl)c3)c(=O)c12. The maximum atomic E-state index is 12.6. The molecule has 0 fully saturated rings. The number of thiophene rings is 1. The smallest absolute Gasteiger partial charge is 0.346 e. The van der Waals surface area contributed by atoms with Gasteiger partial charge in [0.15, 0.2) is 0 Å². The molecule has 2 heterocycles. The fourth-order valence-electron chi connectivity index (χ4n) is 2.31. The first kappa shape index (κ1) is 14.7. The summed E-state index contributed by atoms with van der Waals surface area (Å²) < 4.78 is 1.46. The molecule has 0 aliphatic carbocycles. The number of carboxylic acids is 1. The largest absolute Gasteiger partial charge is 0.477 e. The van der Waals surface area contributed by atoms with Gasteiger partial charge in [-0.3, -0.25) is 9.36 Å². The van der Waals surface area contributed by atoms with E-state index in [-0.39, 0.29) is 10.4 Å². The molecule has 5 nitrogen and oxygen atoms in total. The minimum absolute atomic E-state index is 0.153. The second-order valence-corrected chi connectivity index (χ2v) is 6.28. The van der Waals surface area contributed by atoms with Crippen molar-refractivity contribution in [1.82, 2.24) is 9.55 Å². The molecule has 2 aromatic heterocycles. The Labute approximate surface area is 134 Å². The molecule has 7 heteroatoms. The normalized spacial score (nSPS) is 11.0. The highest BCUT2D eigenvalue weighted by atomic mass is 35.5. The molecule has 1 aromatic carbocycles. The van der Waals surface area contributed by atoms with Gasteiger partial charge < -0.3 is 5.11 Å². The summed E-state index contributed by atoms with van der Waals surface area (Å²) >= 11 is 6.96. The lowest BCUT2D eigenvalue weighted by Crippen LogP contribution is -2.21. The van der Waals surface area contributed by atoms with Crippen LogP contribution >= 0.6 is 22.9 Å². The van der Waals surface area contributed by atoms with E-state index in [1.54, 1.807) is 19.1 Å². The summed E-state index contributed by atoms with van der Waals surface area (Å²) in [7, 11) is 0. The van der Waals surface area contributed by atoms with Crippen molar-refractivity contribution in [2.45, 2.75) is 13.5 Å². The van der Waals surface area contributed by atoms with Crippen LogP contribution < -0.4 is 5.56 Å². The van der Waals surface area contributed by atoms with Gasteiger partial charge in [-0.05, 0) is 30.2 Å². The van der Waals surface area contributed by atoms with Crippen LogP contribution in [0.5, 0.6) is 0 Å². The van der Waals surface area contributed by atoms with Crippen LogP contribution in [0.15, 0.2) is 35.4 Å². The fraction of sp³-hybridized carbons (Fsp3) is 0.133. The number of halogens is 1. The summed E-state index contributed by atoms with van der Waals surface area (Å²) in [6.07, 6.45) is 1.44. The lowest BCUT2D eigenvalue weighted by atomic mass is 10.2.